The van der Waals surface area contributed by atoms with Crippen LogP contribution in [0.4, 0.5) is 5.82 Å². The number of benzene rings is 1. The molecule has 0 amide bonds. The molecule has 3 aromatic heterocycles. The Labute approximate surface area is 173 Å². The van der Waals surface area contributed by atoms with Crippen molar-refractivity contribution in [2.45, 2.75) is 18.8 Å². The summed E-state index contributed by atoms with van der Waals surface area (Å²) in [5, 5.41) is 8.80. The van der Waals surface area contributed by atoms with Gasteiger partial charge in [-0.1, -0.05) is 11.6 Å². The van der Waals surface area contributed by atoms with Gasteiger partial charge in [-0.3, -0.25) is 0 Å². The summed E-state index contributed by atoms with van der Waals surface area (Å²) in [4.78, 5) is 12.2. The first-order valence-electron chi connectivity index (χ1n) is 10.1. The van der Waals surface area contributed by atoms with Gasteiger partial charge in [0, 0.05) is 49.8 Å². The molecule has 7 nitrogen and oxygen atoms in total. The largest absolute Gasteiger partial charge is 0.355 e. The lowest BCUT2D eigenvalue weighted by atomic mass is 9.97. The summed E-state index contributed by atoms with van der Waals surface area (Å²) in [5.74, 6) is 2.72. The summed E-state index contributed by atoms with van der Waals surface area (Å²) in [6.07, 6.45) is 3.79. The highest BCUT2D eigenvalue weighted by atomic mass is 35.5. The molecular formula is C21H22ClN7. The maximum Gasteiger partial charge on any atom is 0.157 e. The van der Waals surface area contributed by atoms with E-state index in [1.54, 1.807) is 0 Å². The minimum atomic E-state index is 0.393. The van der Waals surface area contributed by atoms with E-state index >= 15 is 0 Å². The van der Waals surface area contributed by atoms with Crippen LogP contribution >= 0.6 is 11.6 Å². The number of fused-ring (bicyclic) bond motifs is 3. The Morgan fingerprint density at radius 3 is 2.86 bits per heavy atom. The predicted molar refractivity (Wildman–Crippen MR) is 114 cm³/mol. The Balaban J connectivity index is 1.37. The van der Waals surface area contributed by atoms with E-state index in [1.165, 1.54) is 17.1 Å². The summed E-state index contributed by atoms with van der Waals surface area (Å²) in [7, 11) is 2.09. The highest BCUT2D eigenvalue weighted by Gasteiger charge is 2.35. The molecule has 0 atom stereocenters. The Kier molecular flexibility index (Phi) is 3.82. The van der Waals surface area contributed by atoms with Gasteiger partial charge in [-0.2, -0.15) is 9.61 Å². The van der Waals surface area contributed by atoms with Crippen molar-refractivity contribution in [1.82, 2.24) is 29.5 Å². The van der Waals surface area contributed by atoms with Gasteiger partial charge < -0.3 is 14.8 Å². The molecule has 1 aromatic carbocycles. The van der Waals surface area contributed by atoms with E-state index in [2.05, 4.69) is 26.9 Å². The van der Waals surface area contributed by atoms with E-state index in [-0.39, 0.29) is 0 Å². The van der Waals surface area contributed by atoms with Gasteiger partial charge in [0.1, 0.15) is 11.6 Å². The first-order chi connectivity index (χ1) is 14.2. The van der Waals surface area contributed by atoms with Crippen molar-refractivity contribution in [2.75, 3.05) is 31.1 Å². The molecule has 5 heterocycles. The van der Waals surface area contributed by atoms with Gasteiger partial charge in [-0.15, -0.1) is 0 Å². The topological polar surface area (TPSA) is 63.3 Å². The molecule has 0 bridgehead atoms. The SMILES string of the molecule is Cn1c(C2CN(c3c4c(nc5ccnn35)CCNCC4)C2)nc2cc(Cl)ccc21. The van der Waals surface area contributed by atoms with E-state index in [1.807, 2.05) is 35.0 Å². The van der Waals surface area contributed by atoms with Gasteiger partial charge >= 0.3 is 0 Å². The Morgan fingerprint density at radius 2 is 1.97 bits per heavy atom. The predicted octanol–water partition coefficient (Wildman–Crippen LogP) is 2.56. The number of aryl methyl sites for hydroxylation is 1. The van der Waals surface area contributed by atoms with Crippen molar-refractivity contribution in [3.63, 3.8) is 0 Å². The maximum absolute atomic E-state index is 6.16. The minimum absolute atomic E-state index is 0.393. The normalized spacial score (nSPS) is 17.5. The molecule has 6 rings (SSSR count). The molecular weight excluding hydrogens is 386 g/mol. The average Bonchev–Trinajstić information content (AvgIpc) is 3.17. The highest BCUT2D eigenvalue weighted by molar-refractivity contribution is 6.31. The second-order valence-corrected chi connectivity index (χ2v) is 8.41. The molecule has 2 aliphatic rings. The lowest BCUT2D eigenvalue weighted by Gasteiger charge is -2.41. The summed E-state index contributed by atoms with van der Waals surface area (Å²) >= 11 is 6.16. The Morgan fingerprint density at radius 1 is 1.10 bits per heavy atom. The third-order valence-corrected chi connectivity index (χ3v) is 6.44. The van der Waals surface area contributed by atoms with Crippen LogP contribution in [0.3, 0.4) is 0 Å². The molecule has 0 saturated carbocycles. The number of hydrogen-bond acceptors (Lipinski definition) is 5. The molecule has 2 aliphatic heterocycles. The Hall–Kier alpha value is -2.64. The van der Waals surface area contributed by atoms with Crippen molar-refractivity contribution >= 4 is 34.1 Å². The number of aromatic nitrogens is 5. The van der Waals surface area contributed by atoms with Gasteiger partial charge in [-0.25, -0.2) is 9.97 Å². The first-order valence-corrected chi connectivity index (χ1v) is 10.5. The molecule has 148 valence electrons. The van der Waals surface area contributed by atoms with Crippen molar-refractivity contribution in [3.05, 3.63) is 52.6 Å². The quantitative estimate of drug-likeness (QED) is 0.553. The second kappa shape index (κ2) is 6.43. The van der Waals surface area contributed by atoms with Crippen LogP contribution in [0.1, 0.15) is 23.0 Å². The number of nitrogens with one attached hydrogen (secondary N) is 1. The molecule has 8 heteroatoms. The number of hydrogen-bond donors (Lipinski definition) is 1. The van der Waals surface area contributed by atoms with Crippen molar-refractivity contribution in [2.24, 2.45) is 7.05 Å². The summed E-state index contributed by atoms with van der Waals surface area (Å²) in [6.45, 7) is 3.83. The van der Waals surface area contributed by atoms with E-state index in [0.717, 1.165) is 66.5 Å². The van der Waals surface area contributed by atoms with Crippen LogP contribution in [0.15, 0.2) is 30.5 Å². The standard InChI is InChI=1S/C21H22ClN7/c1-27-18-3-2-14(22)10-17(18)26-20(27)13-11-28(12-13)21-15-4-7-23-8-5-16(15)25-19-6-9-24-29(19)21/h2-3,6,9-10,13,23H,4-5,7-8,11-12H2,1H3. The number of imidazole rings is 1. The van der Waals surface area contributed by atoms with Gasteiger partial charge in [0.15, 0.2) is 5.65 Å². The van der Waals surface area contributed by atoms with Crippen LogP contribution in [-0.2, 0) is 19.9 Å². The molecule has 0 spiro atoms. The van der Waals surface area contributed by atoms with Crippen molar-refractivity contribution < 1.29 is 0 Å². The van der Waals surface area contributed by atoms with Crippen LogP contribution < -0.4 is 10.2 Å². The van der Waals surface area contributed by atoms with E-state index in [9.17, 15) is 0 Å². The second-order valence-electron chi connectivity index (χ2n) is 7.98. The summed E-state index contributed by atoms with van der Waals surface area (Å²) in [5.41, 5.74) is 5.56. The van der Waals surface area contributed by atoms with E-state index < -0.39 is 0 Å². The third-order valence-electron chi connectivity index (χ3n) is 6.21. The van der Waals surface area contributed by atoms with Gasteiger partial charge in [-0.05, 0) is 31.2 Å². The van der Waals surface area contributed by atoms with Gasteiger partial charge in [0.2, 0.25) is 0 Å². The van der Waals surface area contributed by atoms with Crippen LogP contribution in [0.25, 0.3) is 16.7 Å². The zero-order valence-corrected chi connectivity index (χ0v) is 17.0. The fourth-order valence-electron chi connectivity index (χ4n) is 4.71. The Bertz CT molecular complexity index is 1240. The highest BCUT2D eigenvalue weighted by Crippen LogP contribution is 2.36. The molecule has 29 heavy (non-hydrogen) atoms. The third kappa shape index (κ3) is 2.64. The zero-order valence-electron chi connectivity index (χ0n) is 16.3. The molecule has 0 radical (unpaired) electrons. The number of nitrogens with zero attached hydrogens (tertiary/aromatic N) is 6. The van der Waals surface area contributed by atoms with Crippen LogP contribution in [0.2, 0.25) is 5.02 Å². The number of rotatable bonds is 2. The smallest absolute Gasteiger partial charge is 0.157 e. The molecule has 1 saturated heterocycles. The van der Waals surface area contributed by atoms with Crippen molar-refractivity contribution in [3.8, 4) is 0 Å². The minimum Gasteiger partial charge on any atom is -0.355 e. The van der Waals surface area contributed by atoms with Gasteiger partial charge in [0.25, 0.3) is 0 Å². The monoisotopic (exact) mass is 407 g/mol. The summed E-state index contributed by atoms with van der Waals surface area (Å²) < 4.78 is 4.21. The van der Waals surface area contributed by atoms with Gasteiger partial charge in [0.05, 0.1) is 28.8 Å². The molecule has 0 unspecified atom stereocenters. The summed E-state index contributed by atoms with van der Waals surface area (Å²) in [6, 6.07) is 7.92. The van der Waals surface area contributed by atoms with Crippen molar-refractivity contribution in [1.29, 1.82) is 0 Å². The number of halogens is 1. The molecule has 1 fully saturated rings. The van der Waals surface area contributed by atoms with Crippen LogP contribution in [0.5, 0.6) is 0 Å². The fraction of sp³-hybridized carbons (Fsp3) is 0.381. The lowest BCUT2D eigenvalue weighted by molar-refractivity contribution is 0.480. The average molecular weight is 408 g/mol. The molecule has 4 aromatic rings. The molecule has 0 aliphatic carbocycles. The maximum atomic E-state index is 6.16. The fourth-order valence-corrected chi connectivity index (χ4v) is 4.88. The number of anilines is 1. The lowest BCUT2D eigenvalue weighted by Crippen LogP contribution is -2.47. The first kappa shape index (κ1) is 17.2. The van der Waals surface area contributed by atoms with E-state index in [0.29, 0.717) is 5.92 Å². The zero-order chi connectivity index (χ0) is 19.5. The van der Waals surface area contributed by atoms with Crippen LogP contribution in [0, 0.1) is 0 Å². The van der Waals surface area contributed by atoms with E-state index in [4.69, 9.17) is 21.6 Å². The van der Waals surface area contributed by atoms with Crippen LogP contribution in [-0.4, -0.2) is 50.3 Å². The molecule has 1 N–H and O–H groups in total.